The topological polar surface area (TPSA) is 140 Å². The lowest BCUT2D eigenvalue weighted by Gasteiger charge is -2.35. The predicted molar refractivity (Wildman–Crippen MR) is 154 cm³/mol. The number of primary amides is 1. The molecule has 2 unspecified atom stereocenters. The summed E-state index contributed by atoms with van der Waals surface area (Å²) in [4.78, 5) is 54.0. The molecule has 0 saturated carbocycles. The summed E-state index contributed by atoms with van der Waals surface area (Å²) in [7, 11) is 1.55. The first-order valence-electron chi connectivity index (χ1n) is 13.4. The average molecular weight is 555 g/mol. The number of ether oxygens (including phenoxy) is 2. The van der Waals surface area contributed by atoms with Crippen LogP contribution in [-0.4, -0.2) is 54.0 Å². The van der Waals surface area contributed by atoms with E-state index in [4.69, 9.17) is 15.2 Å². The molecule has 0 fully saturated rings. The van der Waals surface area contributed by atoms with Gasteiger partial charge in [-0.3, -0.25) is 14.4 Å². The van der Waals surface area contributed by atoms with Gasteiger partial charge in [-0.2, -0.15) is 0 Å². The first kappa shape index (κ1) is 32.1. The molecule has 4 N–H and O–H groups in total. The monoisotopic (exact) mass is 554 g/mol. The Bertz CT molecular complexity index is 1160. The van der Waals surface area contributed by atoms with Crippen LogP contribution < -0.4 is 21.1 Å². The molecule has 2 aromatic carbocycles. The normalized spacial score (nSPS) is 12.6. The lowest BCUT2D eigenvalue weighted by molar-refractivity contribution is -0.142. The zero-order valence-electron chi connectivity index (χ0n) is 24.3. The number of rotatable bonds is 13. The summed E-state index contributed by atoms with van der Waals surface area (Å²) >= 11 is 0. The number of anilines is 1. The van der Waals surface area contributed by atoms with Crippen LogP contribution in [0.15, 0.2) is 48.5 Å². The molecule has 0 aliphatic rings. The molecular formula is C30H42N4O6. The summed E-state index contributed by atoms with van der Waals surface area (Å²) in [6, 6.07) is 11.8. The highest BCUT2D eigenvalue weighted by Gasteiger charge is 2.37. The van der Waals surface area contributed by atoms with E-state index in [-0.39, 0.29) is 6.54 Å². The Kier molecular flexibility index (Phi) is 12.0. The Balaban J connectivity index is 2.54. The van der Waals surface area contributed by atoms with Gasteiger partial charge in [-0.05, 0) is 69.5 Å². The van der Waals surface area contributed by atoms with Crippen LogP contribution in [-0.2, 0) is 19.1 Å². The van der Waals surface area contributed by atoms with Crippen molar-refractivity contribution in [2.75, 3.05) is 19.0 Å². The minimum absolute atomic E-state index is 0.215. The fraction of sp³-hybridized carbons (Fsp3) is 0.467. The fourth-order valence-electron chi connectivity index (χ4n) is 4.18. The van der Waals surface area contributed by atoms with Crippen molar-refractivity contribution >= 4 is 29.5 Å². The summed E-state index contributed by atoms with van der Waals surface area (Å²) in [5.74, 6) is -1.20. The third kappa shape index (κ3) is 9.91. The second-order valence-corrected chi connectivity index (χ2v) is 10.6. The van der Waals surface area contributed by atoms with Gasteiger partial charge in [0.25, 0.3) is 5.91 Å². The van der Waals surface area contributed by atoms with Crippen molar-refractivity contribution < 1.29 is 28.7 Å². The number of hydrogen-bond donors (Lipinski definition) is 3. The van der Waals surface area contributed by atoms with Crippen LogP contribution in [0.4, 0.5) is 10.5 Å². The van der Waals surface area contributed by atoms with Crippen LogP contribution in [0, 0.1) is 6.92 Å². The number of nitrogens with one attached hydrogen (secondary N) is 2. The van der Waals surface area contributed by atoms with Crippen LogP contribution >= 0.6 is 0 Å². The quantitative estimate of drug-likeness (QED) is 0.312. The standard InChI is InChI=1S/C30H42N4O6/c1-7-8-11-18-34(28(37)24(19-25(31)35)33-29(38)40-30(3,4)5)26(23-13-10-9-12-20(23)2)27(36)32-21-14-16-22(39-6)17-15-21/h9-10,12-17,24,26H,7-8,11,18-19H2,1-6H3,(H2,31,35)(H,32,36)(H,33,38). The van der Waals surface area contributed by atoms with Crippen LogP contribution in [0.3, 0.4) is 0 Å². The van der Waals surface area contributed by atoms with Gasteiger partial charge >= 0.3 is 6.09 Å². The lowest BCUT2D eigenvalue weighted by Crippen LogP contribution is -2.53. The molecule has 0 aromatic heterocycles. The number of carbonyl (C=O) groups excluding carboxylic acids is 4. The highest BCUT2D eigenvalue weighted by molar-refractivity contribution is 6.00. The van der Waals surface area contributed by atoms with Crippen LogP contribution in [0.25, 0.3) is 0 Å². The molecule has 0 saturated heterocycles. The van der Waals surface area contributed by atoms with Gasteiger partial charge in [0.1, 0.15) is 23.4 Å². The maximum Gasteiger partial charge on any atom is 0.408 e. The molecule has 2 atom stereocenters. The van der Waals surface area contributed by atoms with Gasteiger partial charge in [-0.15, -0.1) is 0 Å². The molecule has 0 aliphatic heterocycles. The number of hydrogen-bond acceptors (Lipinski definition) is 6. The van der Waals surface area contributed by atoms with Gasteiger partial charge in [-0.25, -0.2) is 4.79 Å². The smallest absolute Gasteiger partial charge is 0.408 e. The van der Waals surface area contributed by atoms with E-state index in [2.05, 4.69) is 10.6 Å². The summed E-state index contributed by atoms with van der Waals surface area (Å²) in [5.41, 5.74) is 6.58. The molecule has 0 radical (unpaired) electrons. The maximum absolute atomic E-state index is 14.1. The predicted octanol–water partition coefficient (Wildman–Crippen LogP) is 4.47. The number of methoxy groups -OCH3 is 1. The van der Waals surface area contributed by atoms with Crippen molar-refractivity contribution in [3.63, 3.8) is 0 Å². The molecule has 0 bridgehead atoms. The lowest BCUT2D eigenvalue weighted by atomic mass is 9.97. The highest BCUT2D eigenvalue weighted by Crippen LogP contribution is 2.28. The van der Waals surface area contributed by atoms with Crippen molar-refractivity contribution in [3.05, 3.63) is 59.7 Å². The minimum atomic E-state index is -1.32. The molecule has 0 aliphatic carbocycles. The Labute approximate surface area is 236 Å². The van der Waals surface area contributed by atoms with E-state index in [1.54, 1.807) is 64.3 Å². The second kappa shape index (κ2) is 14.9. The van der Waals surface area contributed by atoms with E-state index in [1.165, 1.54) is 4.90 Å². The first-order valence-corrected chi connectivity index (χ1v) is 13.4. The number of unbranched alkanes of at least 4 members (excludes halogenated alkanes) is 2. The summed E-state index contributed by atoms with van der Waals surface area (Å²) < 4.78 is 10.5. The SMILES string of the molecule is CCCCCN(C(=O)C(CC(N)=O)NC(=O)OC(C)(C)C)C(C(=O)Nc1ccc(OC)cc1)c1ccccc1C. The summed E-state index contributed by atoms with van der Waals surface area (Å²) in [6.45, 7) is 9.16. The van der Waals surface area contributed by atoms with E-state index >= 15 is 0 Å². The van der Waals surface area contributed by atoms with Gasteiger partial charge in [-0.1, -0.05) is 44.0 Å². The largest absolute Gasteiger partial charge is 0.497 e. The average Bonchev–Trinajstić information content (AvgIpc) is 2.87. The number of amides is 4. The van der Waals surface area contributed by atoms with Crippen molar-refractivity contribution in [1.82, 2.24) is 10.2 Å². The maximum atomic E-state index is 14.1. The van der Waals surface area contributed by atoms with Crippen LogP contribution in [0.1, 0.15) is 70.5 Å². The first-order chi connectivity index (χ1) is 18.9. The van der Waals surface area contributed by atoms with Crippen molar-refractivity contribution in [2.45, 2.75) is 78.0 Å². The Morgan fingerprint density at radius 1 is 1.00 bits per heavy atom. The number of nitrogens with two attached hydrogens (primary N) is 1. The van der Waals surface area contributed by atoms with Crippen LogP contribution in [0.2, 0.25) is 0 Å². The number of aryl methyl sites for hydroxylation is 1. The van der Waals surface area contributed by atoms with Crippen molar-refractivity contribution in [2.24, 2.45) is 5.73 Å². The highest BCUT2D eigenvalue weighted by atomic mass is 16.6. The second-order valence-electron chi connectivity index (χ2n) is 10.6. The molecule has 0 spiro atoms. The number of nitrogens with zero attached hydrogens (tertiary/aromatic N) is 1. The zero-order chi connectivity index (χ0) is 29.9. The van der Waals surface area contributed by atoms with E-state index in [0.29, 0.717) is 23.4 Å². The minimum Gasteiger partial charge on any atom is -0.497 e. The Morgan fingerprint density at radius 3 is 2.20 bits per heavy atom. The molecule has 40 heavy (non-hydrogen) atoms. The van der Waals surface area contributed by atoms with E-state index < -0.39 is 47.9 Å². The molecule has 0 heterocycles. The molecular weight excluding hydrogens is 512 g/mol. The van der Waals surface area contributed by atoms with Gasteiger partial charge in [0.05, 0.1) is 13.5 Å². The van der Waals surface area contributed by atoms with E-state index in [0.717, 1.165) is 18.4 Å². The fourth-order valence-corrected chi connectivity index (χ4v) is 4.18. The van der Waals surface area contributed by atoms with Gasteiger partial charge in [0.15, 0.2) is 0 Å². The third-order valence-corrected chi connectivity index (χ3v) is 6.08. The van der Waals surface area contributed by atoms with E-state index in [9.17, 15) is 19.2 Å². The third-order valence-electron chi connectivity index (χ3n) is 6.08. The van der Waals surface area contributed by atoms with E-state index in [1.807, 2.05) is 26.0 Å². The summed E-state index contributed by atoms with van der Waals surface area (Å²) in [5, 5.41) is 5.40. The van der Waals surface area contributed by atoms with Gasteiger partial charge in [0.2, 0.25) is 11.8 Å². The molecule has 4 amide bonds. The Hall–Kier alpha value is -4.08. The van der Waals surface area contributed by atoms with Gasteiger partial charge in [0, 0.05) is 12.2 Å². The van der Waals surface area contributed by atoms with Crippen LogP contribution in [0.5, 0.6) is 5.75 Å². The molecule has 2 rings (SSSR count). The van der Waals surface area contributed by atoms with Gasteiger partial charge < -0.3 is 30.7 Å². The number of carbonyl (C=O) groups is 4. The molecule has 10 heteroatoms. The Morgan fingerprint density at radius 2 is 1.65 bits per heavy atom. The number of alkyl carbamates (subject to hydrolysis) is 1. The van der Waals surface area contributed by atoms with Crippen molar-refractivity contribution in [1.29, 1.82) is 0 Å². The molecule has 10 nitrogen and oxygen atoms in total. The molecule has 2 aromatic rings. The number of benzene rings is 2. The zero-order valence-corrected chi connectivity index (χ0v) is 24.3. The molecule has 218 valence electrons. The summed E-state index contributed by atoms with van der Waals surface area (Å²) in [6.07, 6.45) is 0.982. The van der Waals surface area contributed by atoms with Crippen molar-refractivity contribution in [3.8, 4) is 5.75 Å².